The smallest absolute Gasteiger partial charge is 0.190 e. The summed E-state index contributed by atoms with van der Waals surface area (Å²) in [6, 6.07) is 21.3. The lowest BCUT2D eigenvalue weighted by atomic mass is 9.84. The van der Waals surface area contributed by atoms with Crippen molar-refractivity contribution >= 4 is 64.6 Å². The van der Waals surface area contributed by atoms with E-state index in [0.29, 0.717) is 21.5 Å². The second-order valence-corrected chi connectivity index (χ2v) is 8.26. The molecule has 0 unspecified atom stereocenters. The second-order valence-electron chi connectivity index (χ2n) is 8.26. The van der Waals surface area contributed by atoms with E-state index < -0.39 is 0 Å². The van der Waals surface area contributed by atoms with Crippen molar-refractivity contribution in [1.82, 2.24) is 0 Å². The van der Waals surface area contributed by atoms with E-state index in [1.54, 1.807) is 24.3 Å². The maximum absolute atomic E-state index is 13.0. The summed E-state index contributed by atoms with van der Waals surface area (Å²) in [6.07, 6.45) is 0. The van der Waals surface area contributed by atoms with Crippen LogP contribution in [0.3, 0.4) is 0 Å². The Morgan fingerprint density at radius 2 is 0.688 bits per heavy atom. The highest BCUT2D eigenvalue weighted by Gasteiger charge is 2.24. The van der Waals surface area contributed by atoms with Gasteiger partial charge in [0.1, 0.15) is 11.5 Å². The van der Waals surface area contributed by atoms with E-state index in [-0.39, 0.29) is 33.1 Å². The van der Waals surface area contributed by atoms with Crippen LogP contribution in [0.15, 0.2) is 82.4 Å². The fourth-order valence-corrected chi connectivity index (χ4v) is 5.48. The molecule has 0 saturated heterocycles. The van der Waals surface area contributed by atoms with E-state index in [9.17, 15) is 19.8 Å². The Morgan fingerprint density at radius 1 is 0.375 bits per heavy atom. The molecule has 0 atom stereocenters. The van der Waals surface area contributed by atoms with Crippen LogP contribution in [0.25, 0.3) is 64.6 Å². The number of phenols is 2. The predicted molar refractivity (Wildman–Crippen MR) is 130 cm³/mol. The minimum absolute atomic E-state index is 0.0329. The summed E-state index contributed by atoms with van der Waals surface area (Å²) in [5, 5.41) is 30.0. The molecule has 0 aromatic heterocycles. The first-order valence-electron chi connectivity index (χ1n) is 10.3. The predicted octanol–water partition coefficient (Wildman–Crippen LogP) is 5.61. The van der Waals surface area contributed by atoms with Gasteiger partial charge in [-0.1, -0.05) is 48.5 Å². The molecule has 7 aromatic carbocycles. The zero-order valence-corrected chi connectivity index (χ0v) is 16.6. The second kappa shape index (κ2) is 5.62. The lowest BCUT2D eigenvalue weighted by molar-refractivity contribution is 0.487. The van der Waals surface area contributed by atoms with E-state index in [4.69, 9.17) is 0 Å². The normalized spacial score (nSPS) is 12.2. The van der Waals surface area contributed by atoms with Gasteiger partial charge in [-0.05, 0) is 56.6 Å². The highest BCUT2D eigenvalue weighted by Crippen LogP contribution is 2.49. The zero-order chi connectivity index (χ0) is 21.7. The Kier molecular flexibility index (Phi) is 3.03. The van der Waals surface area contributed by atoms with Crippen molar-refractivity contribution in [2.75, 3.05) is 0 Å². The van der Waals surface area contributed by atoms with Gasteiger partial charge < -0.3 is 10.2 Å². The molecule has 0 bridgehead atoms. The van der Waals surface area contributed by atoms with Crippen molar-refractivity contribution in [3.05, 3.63) is 93.2 Å². The van der Waals surface area contributed by atoms with Crippen molar-refractivity contribution in [2.24, 2.45) is 0 Å². The average molecular weight is 414 g/mol. The first-order chi connectivity index (χ1) is 15.6. The molecule has 0 radical (unpaired) electrons. The van der Waals surface area contributed by atoms with Crippen molar-refractivity contribution in [1.29, 1.82) is 0 Å². The standard InChI is InChI=1S/C28H14O4/c29-19-11-9-15-16-10-12-20(30)26-24(16)22(14-6-2-4-8-18(14)28(26)32)21-13-5-1-3-7-17(13)27(31)25(19)23(15)21/h1-12,31-32H. The molecule has 4 nitrogen and oxygen atoms in total. The number of benzene rings is 7. The van der Waals surface area contributed by atoms with Crippen LogP contribution in [0.2, 0.25) is 0 Å². The largest absolute Gasteiger partial charge is 0.507 e. The summed E-state index contributed by atoms with van der Waals surface area (Å²) >= 11 is 0. The molecule has 0 aliphatic heterocycles. The molecule has 4 heteroatoms. The molecular weight excluding hydrogens is 400 g/mol. The van der Waals surface area contributed by atoms with Gasteiger partial charge in [-0.15, -0.1) is 0 Å². The molecule has 2 N–H and O–H groups in total. The Hall–Kier alpha value is -4.44. The number of phenolic OH excluding ortho intramolecular Hbond substituents is 2. The van der Waals surface area contributed by atoms with Gasteiger partial charge in [-0.2, -0.15) is 0 Å². The van der Waals surface area contributed by atoms with Crippen LogP contribution in [0.1, 0.15) is 0 Å². The molecule has 0 heterocycles. The lowest BCUT2D eigenvalue weighted by Gasteiger charge is -2.19. The molecule has 7 rings (SSSR count). The monoisotopic (exact) mass is 414 g/mol. The van der Waals surface area contributed by atoms with Gasteiger partial charge in [0.15, 0.2) is 10.9 Å². The third-order valence-corrected chi connectivity index (χ3v) is 6.75. The molecule has 0 aliphatic rings. The third-order valence-electron chi connectivity index (χ3n) is 6.75. The van der Waals surface area contributed by atoms with E-state index in [1.807, 2.05) is 36.4 Å². The van der Waals surface area contributed by atoms with Crippen LogP contribution < -0.4 is 10.9 Å². The van der Waals surface area contributed by atoms with Gasteiger partial charge in [0.2, 0.25) is 0 Å². The van der Waals surface area contributed by atoms with Crippen LogP contribution in [-0.4, -0.2) is 10.2 Å². The molecule has 7 aromatic rings. The van der Waals surface area contributed by atoms with E-state index in [0.717, 1.165) is 32.3 Å². The number of hydrogen-bond donors (Lipinski definition) is 2. The number of hydrogen-bond acceptors (Lipinski definition) is 4. The molecule has 32 heavy (non-hydrogen) atoms. The fourth-order valence-electron chi connectivity index (χ4n) is 5.48. The maximum Gasteiger partial charge on any atom is 0.190 e. The first kappa shape index (κ1) is 17.3. The number of fused-ring (bicyclic) bond motifs is 6. The minimum atomic E-state index is -0.253. The summed E-state index contributed by atoms with van der Waals surface area (Å²) in [7, 11) is 0. The highest BCUT2D eigenvalue weighted by molar-refractivity contribution is 6.43. The van der Waals surface area contributed by atoms with Gasteiger partial charge in [-0.25, -0.2) is 0 Å². The van der Waals surface area contributed by atoms with E-state index >= 15 is 0 Å². The highest BCUT2D eigenvalue weighted by atomic mass is 16.3. The number of rotatable bonds is 0. The average Bonchev–Trinajstić information content (AvgIpc) is 2.81. The minimum Gasteiger partial charge on any atom is -0.507 e. The molecule has 150 valence electrons. The summed E-state index contributed by atoms with van der Waals surface area (Å²) in [5.41, 5.74) is -0.507. The van der Waals surface area contributed by atoms with Crippen LogP contribution in [0, 0.1) is 0 Å². The first-order valence-corrected chi connectivity index (χ1v) is 10.3. The maximum atomic E-state index is 13.0. The van der Waals surface area contributed by atoms with Gasteiger partial charge in [0, 0.05) is 21.5 Å². The van der Waals surface area contributed by atoms with Crippen LogP contribution in [0.5, 0.6) is 11.5 Å². The Morgan fingerprint density at radius 3 is 1.09 bits per heavy atom. The number of aromatic hydroxyl groups is 2. The van der Waals surface area contributed by atoms with E-state index in [1.165, 1.54) is 12.1 Å². The van der Waals surface area contributed by atoms with Crippen molar-refractivity contribution in [3.8, 4) is 11.5 Å². The molecule has 0 saturated carbocycles. The summed E-state index contributed by atoms with van der Waals surface area (Å²) in [5.74, 6) is -0.0659. The lowest BCUT2D eigenvalue weighted by Crippen LogP contribution is -2.04. The van der Waals surface area contributed by atoms with Crippen LogP contribution in [0.4, 0.5) is 0 Å². The van der Waals surface area contributed by atoms with Gasteiger partial charge in [0.25, 0.3) is 0 Å². The molecule has 0 fully saturated rings. The van der Waals surface area contributed by atoms with Crippen LogP contribution in [-0.2, 0) is 0 Å². The molecule has 0 spiro atoms. The quantitative estimate of drug-likeness (QED) is 0.250. The van der Waals surface area contributed by atoms with Crippen molar-refractivity contribution in [2.45, 2.75) is 0 Å². The van der Waals surface area contributed by atoms with Gasteiger partial charge >= 0.3 is 0 Å². The Labute approximate surface area is 179 Å². The van der Waals surface area contributed by atoms with Crippen molar-refractivity contribution < 1.29 is 10.2 Å². The molecule has 0 amide bonds. The Balaban J connectivity index is 2.07. The SMILES string of the molecule is O=c1ccc2c3ccc(=O)c4c(O)c5ccccc5c(c43)c3c4ccccc4c(O)c1c23. The van der Waals surface area contributed by atoms with Gasteiger partial charge in [0.05, 0.1) is 10.8 Å². The molecular formula is C28H14O4. The summed E-state index contributed by atoms with van der Waals surface area (Å²) < 4.78 is 0. The van der Waals surface area contributed by atoms with Gasteiger partial charge in [-0.3, -0.25) is 9.59 Å². The molecule has 0 aliphatic carbocycles. The topological polar surface area (TPSA) is 74.6 Å². The third kappa shape index (κ3) is 1.84. The van der Waals surface area contributed by atoms with Crippen molar-refractivity contribution in [3.63, 3.8) is 0 Å². The van der Waals surface area contributed by atoms with E-state index in [2.05, 4.69) is 0 Å². The summed E-state index contributed by atoms with van der Waals surface area (Å²) in [4.78, 5) is 25.9. The fraction of sp³-hybridized carbons (Fsp3) is 0. The zero-order valence-electron chi connectivity index (χ0n) is 16.6. The Bertz CT molecular complexity index is 1890. The van der Waals surface area contributed by atoms with Crippen LogP contribution >= 0.6 is 0 Å². The summed E-state index contributed by atoms with van der Waals surface area (Å²) in [6.45, 7) is 0.